The molecule has 0 spiro atoms. The normalized spacial score (nSPS) is 11.2. The standard InChI is InChI=1S/C18H23NO4S/c1-22-16-11-12-18(17(14-16)23-2)24(20,21)19-13-7-6-10-15-8-4-3-5-9-15/h3-5,8-9,11-12,14,19H,6-7,10,13H2,1-2H3. The summed E-state index contributed by atoms with van der Waals surface area (Å²) in [5.74, 6) is 0.819. The molecule has 5 nitrogen and oxygen atoms in total. The number of sulfonamides is 1. The average molecular weight is 349 g/mol. The highest BCUT2D eigenvalue weighted by Gasteiger charge is 2.19. The summed E-state index contributed by atoms with van der Waals surface area (Å²) in [4.78, 5) is 0.119. The molecule has 0 atom stereocenters. The zero-order chi connectivity index (χ0) is 17.4. The van der Waals surface area contributed by atoms with Crippen LogP contribution in [0.3, 0.4) is 0 Å². The molecule has 0 radical (unpaired) electrons. The van der Waals surface area contributed by atoms with Crippen molar-refractivity contribution < 1.29 is 17.9 Å². The fourth-order valence-electron chi connectivity index (χ4n) is 2.38. The van der Waals surface area contributed by atoms with Gasteiger partial charge in [0, 0.05) is 12.6 Å². The maximum Gasteiger partial charge on any atom is 0.244 e. The number of hydrogen-bond acceptors (Lipinski definition) is 4. The maximum absolute atomic E-state index is 12.4. The summed E-state index contributed by atoms with van der Waals surface area (Å²) in [6, 6.07) is 14.8. The van der Waals surface area contributed by atoms with Crippen molar-refractivity contribution in [3.63, 3.8) is 0 Å². The molecule has 0 saturated carbocycles. The number of methoxy groups -OCH3 is 2. The summed E-state index contributed by atoms with van der Waals surface area (Å²) in [6.07, 6.45) is 2.63. The first-order chi connectivity index (χ1) is 11.6. The van der Waals surface area contributed by atoms with Crippen LogP contribution in [0.1, 0.15) is 18.4 Å². The number of nitrogens with one attached hydrogen (secondary N) is 1. The quantitative estimate of drug-likeness (QED) is 0.707. The molecule has 130 valence electrons. The lowest BCUT2D eigenvalue weighted by atomic mass is 10.1. The number of unbranched alkanes of at least 4 members (excludes halogenated alkanes) is 1. The Morgan fingerprint density at radius 1 is 0.958 bits per heavy atom. The first-order valence-corrected chi connectivity index (χ1v) is 9.31. The minimum Gasteiger partial charge on any atom is -0.497 e. The molecule has 2 aromatic rings. The second kappa shape index (κ2) is 8.70. The van der Waals surface area contributed by atoms with Gasteiger partial charge in [0.05, 0.1) is 14.2 Å². The van der Waals surface area contributed by atoms with Crippen molar-refractivity contribution in [2.45, 2.75) is 24.2 Å². The Morgan fingerprint density at radius 2 is 1.71 bits per heavy atom. The van der Waals surface area contributed by atoms with Crippen LogP contribution in [-0.4, -0.2) is 29.2 Å². The maximum atomic E-state index is 12.4. The van der Waals surface area contributed by atoms with Gasteiger partial charge in [-0.15, -0.1) is 0 Å². The highest BCUT2D eigenvalue weighted by Crippen LogP contribution is 2.28. The van der Waals surface area contributed by atoms with E-state index in [-0.39, 0.29) is 10.6 Å². The molecule has 0 amide bonds. The summed E-state index contributed by atoms with van der Waals surface area (Å²) in [6.45, 7) is 0.393. The Kier molecular flexibility index (Phi) is 6.63. The van der Waals surface area contributed by atoms with Gasteiger partial charge in [0.25, 0.3) is 0 Å². The van der Waals surface area contributed by atoms with Gasteiger partial charge in [-0.1, -0.05) is 30.3 Å². The molecule has 2 aromatic carbocycles. The summed E-state index contributed by atoms with van der Waals surface area (Å²) < 4.78 is 37.7. The first kappa shape index (κ1) is 18.3. The molecule has 0 fully saturated rings. The largest absolute Gasteiger partial charge is 0.497 e. The van der Waals surface area contributed by atoms with E-state index in [9.17, 15) is 8.42 Å². The number of aryl methyl sites for hydroxylation is 1. The molecule has 6 heteroatoms. The smallest absolute Gasteiger partial charge is 0.244 e. The fraction of sp³-hybridized carbons (Fsp3) is 0.333. The Bertz CT molecular complexity index is 745. The van der Waals surface area contributed by atoms with Crippen LogP contribution in [-0.2, 0) is 16.4 Å². The first-order valence-electron chi connectivity index (χ1n) is 7.82. The van der Waals surface area contributed by atoms with Crippen molar-refractivity contribution in [3.05, 3.63) is 54.1 Å². The van der Waals surface area contributed by atoms with E-state index in [1.807, 2.05) is 18.2 Å². The van der Waals surface area contributed by atoms with Crippen molar-refractivity contribution in [3.8, 4) is 11.5 Å². The number of benzene rings is 2. The van der Waals surface area contributed by atoms with Gasteiger partial charge < -0.3 is 9.47 Å². The number of ether oxygens (including phenoxy) is 2. The van der Waals surface area contributed by atoms with E-state index in [0.29, 0.717) is 12.3 Å². The molecule has 0 heterocycles. The van der Waals surface area contributed by atoms with Gasteiger partial charge in [-0.3, -0.25) is 0 Å². The van der Waals surface area contributed by atoms with Crippen LogP contribution in [0.5, 0.6) is 11.5 Å². The number of hydrogen-bond donors (Lipinski definition) is 1. The zero-order valence-corrected chi connectivity index (χ0v) is 14.8. The van der Waals surface area contributed by atoms with Crippen molar-refractivity contribution >= 4 is 10.0 Å². The van der Waals surface area contributed by atoms with Crippen molar-refractivity contribution in [1.82, 2.24) is 4.72 Å². The van der Waals surface area contributed by atoms with Crippen molar-refractivity contribution in [2.24, 2.45) is 0 Å². The van der Waals surface area contributed by atoms with E-state index < -0.39 is 10.0 Å². The summed E-state index contributed by atoms with van der Waals surface area (Å²) in [7, 11) is -0.644. The Balaban J connectivity index is 1.89. The molecule has 1 N–H and O–H groups in total. The molecule has 0 aliphatic heterocycles. The van der Waals surface area contributed by atoms with Crippen molar-refractivity contribution in [1.29, 1.82) is 0 Å². The van der Waals surface area contributed by atoms with Gasteiger partial charge in [-0.25, -0.2) is 13.1 Å². The Labute approximate surface area is 143 Å². The molecule has 0 aliphatic carbocycles. The lowest BCUT2D eigenvalue weighted by Crippen LogP contribution is -2.25. The van der Waals surface area contributed by atoms with Gasteiger partial charge in [0.15, 0.2) is 0 Å². The lowest BCUT2D eigenvalue weighted by Gasteiger charge is -2.12. The van der Waals surface area contributed by atoms with Crippen molar-refractivity contribution in [2.75, 3.05) is 20.8 Å². The van der Waals surface area contributed by atoms with Gasteiger partial charge in [-0.05, 0) is 37.0 Å². The summed E-state index contributed by atoms with van der Waals surface area (Å²) in [5, 5.41) is 0. The van der Waals surface area contributed by atoms with Crippen LogP contribution in [0, 0.1) is 0 Å². The predicted octanol–water partition coefficient (Wildman–Crippen LogP) is 3.01. The SMILES string of the molecule is COc1ccc(S(=O)(=O)NCCCCc2ccccc2)c(OC)c1. The lowest BCUT2D eigenvalue weighted by molar-refractivity contribution is 0.386. The van der Waals surface area contributed by atoms with E-state index in [1.165, 1.54) is 25.8 Å². The van der Waals surface area contributed by atoms with E-state index in [0.717, 1.165) is 19.3 Å². The third kappa shape index (κ3) is 4.97. The molecule has 0 aliphatic rings. The van der Waals surface area contributed by atoms with Crippen LogP contribution < -0.4 is 14.2 Å². The molecule has 0 bridgehead atoms. The molecular weight excluding hydrogens is 326 g/mol. The second-order valence-corrected chi connectivity index (χ2v) is 7.09. The topological polar surface area (TPSA) is 64.6 Å². The summed E-state index contributed by atoms with van der Waals surface area (Å²) >= 11 is 0. The summed E-state index contributed by atoms with van der Waals surface area (Å²) in [5.41, 5.74) is 1.26. The molecule has 0 saturated heterocycles. The minimum absolute atomic E-state index is 0.119. The fourth-order valence-corrected chi connectivity index (χ4v) is 3.60. The van der Waals surface area contributed by atoms with Gasteiger partial charge in [-0.2, -0.15) is 0 Å². The highest BCUT2D eigenvalue weighted by atomic mass is 32.2. The van der Waals surface area contributed by atoms with Crippen LogP contribution in [0.2, 0.25) is 0 Å². The minimum atomic E-state index is -3.60. The molecular formula is C18H23NO4S. The Morgan fingerprint density at radius 3 is 2.38 bits per heavy atom. The predicted molar refractivity (Wildman–Crippen MR) is 94.1 cm³/mol. The third-order valence-corrected chi connectivity index (χ3v) is 5.19. The van der Waals surface area contributed by atoms with E-state index in [2.05, 4.69) is 16.9 Å². The third-order valence-electron chi connectivity index (χ3n) is 3.69. The molecule has 2 rings (SSSR count). The van der Waals surface area contributed by atoms with Gasteiger partial charge in [0.2, 0.25) is 10.0 Å². The van der Waals surface area contributed by atoms with Crippen LogP contribution >= 0.6 is 0 Å². The zero-order valence-electron chi connectivity index (χ0n) is 14.0. The monoisotopic (exact) mass is 349 g/mol. The van der Waals surface area contributed by atoms with Gasteiger partial charge >= 0.3 is 0 Å². The second-order valence-electron chi connectivity index (χ2n) is 5.36. The average Bonchev–Trinajstić information content (AvgIpc) is 2.61. The van der Waals surface area contributed by atoms with Crippen LogP contribution in [0.25, 0.3) is 0 Å². The van der Waals surface area contributed by atoms with E-state index in [1.54, 1.807) is 12.1 Å². The van der Waals surface area contributed by atoms with E-state index in [4.69, 9.17) is 9.47 Å². The van der Waals surface area contributed by atoms with E-state index >= 15 is 0 Å². The molecule has 24 heavy (non-hydrogen) atoms. The van der Waals surface area contributed by atoms with Crippen LogP contribution in [0.4, 0.5) is 0 Å². The van der Waals surface area contributed by atoms with Gasteiger partial charge in [0.1, 0.15) is 16.4 Å². The van der Waals surface area contributed by atoms with Crippen LogP contribution in [0.15, 0.2) is 53.4 Å². The highest BCUT2D eigenvalue weighted by molar-refractivity contribution is 7.89. The Hall–Kier alpha value is -2.05. The molecule has 0 aromatic heterocycles. The molecule has 0 unspecified atom stereocenters. The number of rotatable bonds is 9.